The second-order valence-electron chi connectivity index (χ2n) is 26.3. The normalized spacial score (nSPS) is 10.4. The molecule has 6 heterocycles. The van der Waals surface area contributed by atoms with Crippen molar-refractivity contribution in [1.82, 2.24) is 24.9 Å². The van der Waals surface area contributed by atoms with Crippen molar-refractivity contribution in [2.45, 2.75) is 55.4 Å². The number of allylic oxidation sites excluding steroid dienone is 8. The fourth-order valence-corrected chi connectivity index (χ4v) is 12.3. The molecule has 0 spiro atoms. The fraction of sp³-hybridized carbons (Fsp3) is 0.0777. The second kappa shape index (κ2) is 54.7. The summed E-state index contributed by atoms with van der Waals surface area (Å²) < 4.78 is 1.26. The molecule has 0 unspecified atom stereocenters. The molecule has 0 aliphatic carbocycles. The minimum atomic E-state index is -0.125. The molecule has 0 aliphatic rings. The molecule has 4 N–H and O–H groups in total. The number of ketones is 4. The van der Waals surface area contributed by atoms with E-state index in [1.807, 2.05) is 200 Å². The van der Waals surface area contributed by atoms with Gasteiger partial charge in [-0.25, -0.2) is 11.3 Å². The molecule has 19 heteroatoms. The van der Waals surface area contributed by atoms with Crippen LogP contribution in [0.5, 0.6) is 0 Å². The molecule has 11 aromatic carbocycles. The number of fused-ring (bicyclic) bond motifs is 6. The van der Waals surface area contributed by atoms with Crippen LogP contribution in [0.15, 0.2) is 375 Å². The van der Waals surface area contributed by atoms with Crippen molar-refractivity contribution in [3.05, 3.63) is 405 Å². The van der Waals surface area contributed by atoms with Crippen LogP contribution in [0, 0.1) is 30.3 Å². The Kier molecular flexibility index (Phi) is 46.1. The first-order valence-electron chi connectivity index (χ1n) is 37.3. The third-order valence-corrected chi connectivity index (χ3v) is 17.5. The zero-order valence-corrected chi connectivity index (χ0v) is 80.5. The van der Waals surface area contributed by atoms with Crippen LogP contribution in [0.2, 0.25) is 0 Å². The Morgan fingerprint density at radius 3 is 0.992 bits per heavy atom. The van der Waals surface area contributed by atoms with Crippen LogP contribution in [0.1, 0.15) is 55.4 Å². The largest absolute Gasteiger partial charge is 0.512 e. The van der Waals surface area contributed by atoms with E-state index >= 15 is 0 Å². The van der Waals surface area contributed by atoms with Gasteiger partial charge in [0.05, 0.1) is 45.1 Å². The van der Waals surface area contributed by atoms with Gasteiger partial charge >= 0.3 is 0 Å². The van der Waals surface area contributed by atoms with Gasteiger partial charge in [-0.1, -0.05) is 217 Å². The van der Waals surface area contributed by atoms with Gasteiger partial charge in [-0.05, 0) is 140 Å². The Morgan fingerprint density at radius 2 is 0.639 bits per heavy atom. The molecule has 122 heavy (non-hydrogen) atoms. The van der Waals surface area contributed by atoms with Gasteiger partial charge in [0.2, 0.25) is 0 Å². The van der Waals surface area contributed by atoms with Gasteiger partial charge in [-0.15, -0.1) is 154 Å². The van der Waals surface area contributed by atoms with Gasteiger partial charge < -0.3 is 25.4 Å². The molecule has 0 aliphatic heterocycles. The van der Waals surface area contributed by atoms with E-state index in [-0.39, 0.29) is 147 Å². The molecule has 627 valence electrons. The summed E-state index contributed by atoms with van der Waals surface area (Å²) in [5.74, 6) is -0.250. The minimum absolute atomic E-state index is 0. The number of nitrogens with zero attached hydrogens (tertiary/aromatic N) is 5. The van der Waals surface area contributed by atoms with Crippen LogP contribution in [-0.4, -0.2) is 68.5 Å². The van der Waals surface area contributed by atoms with Crippen LogP contribution in [0.4, 0.5) is 0 Å². The molecule has 5 radical (unpaired) electrons. The quantitative estimate of drug-likeness (QED) is 0.0570. The monoisotopic (exact) mass is 2520 g/mol. The number of aromatic nitrogens is 5. The minimum Gasteiger partial charge on any atom is -0.512 e. The number of benzene rings is 11. The van der Waals surface area contributed by atoms with Crippen molar-refractivity contribution < 1.29 is 140 Å². The molecule has 0 fully saturated rings. The number of carbonyl (C=O) groups excluding carboxylic acids is 4. The van der Waals surface area contributed by atoms with Crippen LogP contribution in [-0.2, 0) is 120 Å². The number of para-hydroxylation sites is 4. The van der Waals surface area contributed by atoms with E-state index in [4.69, 9.17) is 30.4 Å². The van der Waals surface area contributed by atoms with Crippen molar-refractivity contribution in [3.8, 4) is 66.7 Å². The molecule has 0 saturated heterocycles. The van der Waals surface area contributed by atoms with E-state index in [1.165, 1.54) is 122 Å². The Labute approximate surface area is 784 Å². The maximum atomic E-state index is 10.0. The predicted molar refractivity (Wildman–Crippen MR) is 479 cm³/mol. The van der Waals surface area contributed by atoms with Gasteiger partial charge in [0.25, 0.3) is 0 Å². The van der Waals surface area contributed by atoms with Gasteiger partial charge in [-0.3, -0.25) is 39.1 Å². The zero-order chi connectivity index (χ0) is 83.3. The number of carbonyl (C=O) groups is 4. The summed E-state index contributed by atoms with van der Waals surface area (Å²) in [5, 5.41) is 41.7. The Hall–Kier alpha value is -11.5. The fourth-order valence-electron chi connectivity index (χ4n) is 11.3. The predicted octanol–water partition coefficient (Wildman–Crippen LogP) is 25.5. The molecule has 17 rings (SSSR count). The van der Waals surface area contributed by atoms with E-state index < -0.39 is 0 Å². The second-order valence-corrected chi connectivity index (χ2v) is 27.3. The molecule has 6 aromatic heterocycles. The van der Waals surface area contributed by atoms with Crippen molar-refractivity contribution in [2.24, 2.45) is 0 Å². The number of pyridine rings is 5. The molecule has 13 nitrogen and oxygen atoms in total. The molecule has 0 atom stereocenters. The Morgan fingerprint density at radius 1 is 0.295 bits per heavy atom. The number of hydrogen-bond acceptors (Lipinski definition) is 14. The van der Waals surface area contributed by atoms with E-state index in [1.54, 1.807) is 11.3 Å². The van der Waals surface area contributed by atoms with Gasteiger partial charge in [0.1, 0.15) is 0 Å². The summed E-state index contributed by atoms with van der Waals surface area (Å²) in [4.78, 5) is 64.2. The number of hydrogen-bond donors (Lipinski definition) is 4. The third kappa shape index (κ3) is 34.9. The summed E-state index contributed by atoms with van der Waals surface area (Å²) in [6.45, 7) is 11.4. The molecular weight excluding hydrogens is 2430 g/mol. The van der Waals surface area contributed by atoms with Crippen LogP contribution >= 0.6 is 11.3 Å². The van der Waals surface area contributed by atoms with Gasteiger partial charge in [-0.2, -0.15) is 0 Å². The first kappa shape index (κ1) is 103. The van der Waals surface area contributed by atoms with Gasteiger partial charge in [0, 0.05) is 137 Å². The van der Waals surface area contributed by atoms with Crippen molar-refractivity contribution >= 4 is 98.9 Å². The zero-order valence-electron chi connectivity index (χ0n) is 67.7. The van der Waals surface area contributed by atoms with Crippen LogP contribution < -0.4 is 0 Å². The number of thiophene rings is 1. The smallest absolute Gasteiger partial charge is 0.155 e. The van der Waals surface area contributed by atoms with Gasteiger partial charge in [0.15, 0.2) is 23.1 Å². The Bertz CT molecular complexity index is 5920. The molecule has 0 saturated carbocycles. The summed E-state index contributed by atoms with van der Waals surface area (Å²) in [6, 6.07) is 125. The van der Waals surface area contributed by atoms with Crippen molar-refractivity contribution in [1.29, 1.82) is 0 Å². The average Bonchev–Trinajstić information content (AvgIpc) is 1.35. The van der Waals surface area contributed by atoms with Crippen molar-refractivity contribution in [2.75, 3.05) is 0 Å². The SMILES string of the molecule is CC(=O)C=C(C)O.CC(=O)C=C(C)O.CC(=O)C=C(C)O.CC(=O)C=C(C)O.[Ir].[Ir].[Ir].[Ir].[Ir].[c-]1c(-c2ccccn2)sc2ccccc12.[c-]1cc(-c2ccccc2)ccc1-c1ccc2ccccc2n1.[c-]1cc2ccccc2cc1-c1ccc2ccccc2n1.[c-]1ccccc1-c1ccc2ccccc2n1.[c-]1ccccc1-c1ccc2ccccc2n1. The summed E-state index contributed by atoms with van der Waals surface area (Å²) >= 11 is 1.73. The summed E-state index contributed by atoms with van der Waals surface area (Å²) in [6.07, 6.45) is 6.48. The topological polar surface area (TPSA) is 214 Å². The van der Waals surface area contributed by atoms with E-state index in [0.29, 0.717) is 0 Å². The van der Waals surface area contributed by atoms with Crippen LogP contribution in [0.25, 0.3) is 131 Å². The average molecular weight is 2510 g/mol. The number of aliphatic hydroxyl groups excluding tert-OH is 4. The maximum absolute atomic E-state index is 10.0. The van der Waals surface area contributed by atoms with E-state index in [9.17, 15) is 19.2 Å². The van der Waals surface area contributed by atoms with Crippen LogP contribution in [0.3, 0.4) is 0 Å². The molecule has 0 bridgehead atoms. The van der Waals surface area contributed by atoms with Crippen molar-refractivity contribution in [3.63, 3.8) is 0 Å². The maximum Gasteiger partial charge on any atom is 0.155 e. The Balaban J connectivity index is 0.000000296. The first-order chi connectivity index (χ1) is 56.6. The number of aliphatic hydroxyl groups is 4. The summed E-state index contributed by atoms with van der Waals surface area (Å²) in [5.41, 5.74) is 15.5. The first-order valence-corrected chi connectivity index (χ1v) is 38.1. The van der Waals surface area contributed by atoms with E-state index in [2.05, 4.69) is 173 Å². The molecule has 0 amide bonds. The third-order valence-electron chi connectivity index (χ3n) is 16.4. The number of rotatable bonds is 10. The molecular formula is C103H86Ir5N5O8S-5. The molecule has 17 aromatic rings. The summed E-state index contributed by atoms with van der Waals surface area (Å²) in [7, 11) is 0. The van der Waals surface area contributed by atoms with E-state index in [0.717, 1.165) is 88.4 Å². The standard InChI is InChI=1S/C21H14N.C19H12N.2C15H10N.C13H8NS.4C5H8O2.5Ir/c1-2-6-16(7-3-1)17-10-12-19(13-11-17)21-15-14-18-8-4-5-9-20(18)22-21;1-2-7-16-13-17(10-9-14(16)5-1)19-12-11-15-6-3-4-8-18(15)20-19;2*1-2-6-12(7-3-1)15-11-10-13-8-4-5-9-14(13)16-15;1-2-7-12-10(5-1)9-13(15-12)11-6-3-4-8-14-11;4*1-4(6)3-5(2)7;;;;;/h1-12,14-15H;1-9,11-13H;2*1-6,8-11H;1-8H;4*3,6H,1-2H3;;;;;/q5*-1;;;;;;;;;.